The lowest BCUT2D eigenvalue weighted by atomic mass is 10.1. The van der Waals surface area contributed by atoms with Crippen molar-refractivity contribution < 1.29 is 4.74 Å². The molecule has 0 aliphatic carbocycles. The van der Waals surface area contributed by atoms with Crippen molar-refractivity contribution in [3.05, 3.63) is 52.8 Å². The quantitative estimate of drug-likeness (QED) is 0.697. The van der Waals surface area contributed by atoms with Gasteiger partial charge in [-0.1, -0.05) is 13.8 Å². The second-order valence-corrected chi connectivity index (χ2v) is 7.48. The van der Waals surface area contributed by atoms with Crippen molar-refractivity contribution in [1.82, 2.24) is 14.5 Å². The lowest BCUT2D eigenvalue weighted by Gasteiger charge is -2.22. The molecule has 1 saturated heterocycles. The van der Waals surface area contributed by atoms with E-state index < -0.39 is 0 Å². The van der Waals surface area contributed by atoms with Crippen LogP contribution in [0.3, 0.4) is 0 Å². The van der Waals surface area contributed by atoms with Gasteiger partial charge >= 0.3 is 0 Å². The van der Waals surface area contributed by atoms with Crippen LogP contribution in [0.4, 0.5) is 11.6 Å². The first kappa shape index (κ1) is 20.7. The van der Waals surface area contributed by atoms with Crippen LogP contribution in [0, 0.1) is 5.92 Å². The zero-order valence-corrected chi connectivity index (χ0v) is 16.9. The Morgan fingerprint density at radius 1 is 1.34 bits per heavy atom. The Bertz CT molecular complexity index is 912. The number of anilines is 1. The molecule has 1 fully saturated rings. The third-order valence-electron chi connectivity index (χ3n) is 4.60. The molecule has 0 spiro atoms. The maximum atomic E-state index is 11.9. The van der Waals surface area contributed by atoms with Crippen LogP contribution >= 0.6 is 0 Å². The summed E-state index contributed by atoms with van der Waals surface area (Å²) in [6, 6.07) is 3.56. The van der Waals surface area contributed by atoms with Crippen molar-refractivity contribution in [3.63, 3.8) is 0 Å². The molecule has 3 N–H and O–H groups in total. The Hall–Kier alpha value is -3.00. The molecular formula is C21H28N6O2. The predicted molar refractivity (Wildman–Crippen MR) is 115 cm³/mol. The Kier molecular flexibility index (Phi) is 7.13. The number of pyridine rings is 1. The highest BCUT2D eigenvalue weighted by atomic mass is 16.5. The fraction of sp³-hybridized carbons (Fsp3) is 0.429. The van der Waals surface area contributed by atoms with E-state index in [1.165, 1.54) is 12.3 Å². The van der Waals surface area contributed by atoms with Crippen LogP contribution in [0.5, 0.6) is 0 Å². The van der Waals surface area contributed by atoms with Crippen molar-refractivity contribution in [1.29, 1.82) is 0 Å². The fourth-order valence-electron chi connectivity index (χ4n) is 3.07. The molecular weight excluding hydrogens is 368 g/mol. The molecule has 1 aliphatic rings. The highest BCUT2D eigenvalue weighted by molar-refractivity contribution is 6.10. The summed E-state index contributed by atoms with van der Waals surface area (Å²) in [7, 11) is 0. The first-order valence-electron chi connectivity index (χ1n) is 9.88. The molecule has 3 rings (SSSR count). The van der Waals surface area contributed by atoms with E-state index in [1.807, 2.05) is 0 Å². The number of nitrogens with zero attached hydrogens (tertiary/aromatic N) is 4. The number of aromatic nitrogens is 3. The number of hydrogen-bond acceptors (Lipinski definition) is 7. The van der Waals surface area contributed by atoms with E-state index in [9.17, 15) is 4.79 Å². The predicted octanol–water partition coefficient (Wildman–Crippen LogP) is 2.59. The van der Waals surface area contributed by atoms with Gasteiger partial charge in [-0.2, -0.15) is 0 Å². The summed E-state index contributed by atoms with van der Waals surface area (Å²) in [6.07, 6.45) is 10.2. The minimum atomic E-state index is -0.0340. The van der Waals surface area contributed by atoms with Crippen LogP contribution in [0.1, 0.15) is 32.3 Å². The molecule has 2 aromatic heterocycles. The SMILES string of the molecule is CC(C)Cn1cc(N=CC(=CN)c2cnc(NC3CCOCC3)nc2)ccc1=O. The molecule has 2 aromatic rings. The zero-order valence-electron chi connectivity index (χ0n) is 16.9. The molecule has 0 bridgehead atoms. The first-order valence-corrected chi connectivity index (χ1v) is 9.88. The van der Waals surface area contributed by atoms with E-state index in [0.717, 1.165) is 31.6 Å². The van der Waals surface area contributed by atoms with Gasteiger partial charge in [-0.3, -0.25) is 9.79 Å². The molecule has 8 nitrogen and oxygen atoms in total. The number of aliphatic imine (C=N–C) groups is 1. The van der Waals surface area contributed by atoms with Gasteiger partial charge < -0.3 is 20.4 Å². The first-order chi connectivity index (χ1) is 14.0. The van der Waals surface area contributed by atoms with Gasteiger partial charge in [0.2, 0.25) is 5.95 Å². The average molecular weight is 396 g/mol. The van der Waals surface area contributed by atoms with Crippen LogP contribution in [-0.4, -0.2) is 40.0 Å². The summed E-state index contributed by atoms with van der Waals surface area (Å²) in [5.41, 5.74) is 7.90. The van der Waals surface area contributed by atoms with Gasteiger partial charge in [-0.25, -0.2) is 9.97 Å². The Morgan fingerprint density at radius 2 is 2.07 bits per heavy atom. The van der Waals surface area contributed by atoms with Crippen LogP contribution in [0.25, 0.3) is 5.57 Å². The topological polar surface area (TPSA) is 107 Å². The minimum absolute atomic E-state index is 0.0340. The summed E-state index contributed by atoms with van der Waals surface area (Å²) in [5.74, 6) is 0.964. The van der Waals surface area contributed by atoms with E-state index in [4.69, 9.17) is 10.5 Å². The van der Waals surface area contributed by atoms with Crippen molar-refractivity contribution in [2.75, 3.05) is 18.5 Å². The Morgan fingerprint density at radius 3 is 2.72 bits per heavy atom. The van der Waals surface area contributed by atoms with Gasteiger partial charge in [0, 0.05) is 74.0 Å². The Balaban J connectivity index is 1.69. The smallest absolute Gasteiger partial charge is 0.250 e. The number of nitrogens with one attached hydrogen (secondary N) is 1. The molecule has 0 unspecified atom stereocenters. The number of rotatable bonds is 7. The zero-order chi connectivity index (χ0) is 20.6. The van der Waals surface area contributed by atoms with Gasteiger partial charge in [0.15, 0.2) is 0 Å². The molecule has 0 radical (unpaired) electrons. The van der Waals surface area contributed by atoms with Crippen molar-refractivity contribution in [3.8, 4) is 0 Å². The molecule has 8 heteroatoms. The molecule has 154 valence electrons. The second kappa shape index (κ2) is 9.97. The van der Waals surface area contributed by atoms with E-state index in [0.29, 0.717) is 35.7 Å². The van der Waals surface area contributed by atoms with E-state index in [2.05, 4.69) is 34.1 Å². The summed E-state index contributed by atoms with van der Waals surface area (Å²) in [6.45, 7) is 6.31. The number of ether oxygens (including phenoxy) is 1. The average Bonchev–Trinajstić information content (AvgIpc) is 2.72. The van der Waals surface area contributed by atoms with E-state index in [1.54, 1.807) is 35.4 Å². The van der Waals surface area contributed by atoms with Crippen LogP contribution in [0.2, 0.25) is 0 Å². The summed E-state index contributed by atoms with van der Waals surface area (Å²) in [4.78, 5) is 25.2. The maximum Gasteiger partial charge on any atom is 0.250 e. The fourth-order valence-corrected chi connectivity index (χ4v) is 3.07. The largest absolute Gasteiger partial charge is 0.404 e. The van der Waals surface area contributed by atoms with Crippen molar-refractivity contribution >= 4 is 23.4 Å². The normalized spacial score (nSPS) is 15.9. The monoisotopic (exact) mass is 396 g/mol. The third-order valence-corrected chi connectivity index (χ3v) is 4.60. The molecule has 0 amide bonds. The highest BCUT2D eigenvalue weighted by Gasteiger charge is 2.14. The Labute approximate surface area is 170 Å². The minimum Gasteiger partial charge on any atom is -0.404 e. The maximum absolute atomic E-state index is 11.9. The van der Waals surface area contributed by atoms with Gasteiger partial charge in [0.05, 0.1) is 5.69 Å². The number of hydrogen-bond donors (Lipinski definition) is 2. The van der Waals surface area contributed by atoms with Gasteiger partial charge in [0.1, 0.15) is 0 Å². The summed E-state index contributed by atoms with van der Waals surface area (Å²) < 4.78 is 7.03. The molecule has 1 aliphatic heterocycles. The van der Waals surface area contributed by atoms with E-state index >= 15 is 0 Å². The number of allylic oxidation sites excluding steroid dienone is 1. The number of nitrogens with two attached hydrogens (primary N) is 1. The van der Waals surface area contributed by atoms with Gasteiger partial charge in [-0.05, 0) is 24.8 Å². The highest BCUT2D eigenvalue weighted by Crippen LogP contribution is 2.16. The molecule has 0 saturated carbocycles. The summed E-state index contributed by atoms with van der Waals surface area (Å²) in [5, 5.41) is 3.33. The van der Waals surface area contributed by atoms with Gasteiger partial charge in [-0.15, -0.1) is 0 Å². The molecule has 0 aromatic carbocycles. The van der Waals surface area contributed by atoms with Crippen LogP contribution in [-0.2, 0) is 11.3 Å². The second-order valence-electron chi connectivity index (χ2n) is 7.48. The lowest BCUT2D eigenvalue weighted by Crippen LogP contribution is -2.28. The standard InChI is InChI=1S/C21H28N6O2/c1-15(2)13-27-14-19(3-4-20(27)28)23-10-16(9-22)17-11-24-21(25-12-17)26-18-5-7-29-8-6-18/h3-4,9-12,14-15,18H,5-8,13,22H2,1-2H3,(H,24,25,26). The van der Waals surface area contributed by atoms with Crippen molar-refractivity contribution in [2.24, 2.45) is 16.6 Å². The van der Waals surface area contributed by atoms with Crippen LogP contribution < -0.4 is 16.6 Å². The van der Waals surface area contributed by atoms with Crippen LogP contribution in [0.15, 0.2) is 46.7 Å². The lowest BCUT2D eigenvalue weighted by molar-refractivity contribution is 0.0903. The summed E-state index contributed by atoms with van der Waals surface area (Å²) >= 11 is 0. The molecule has 0 atom stereocenters. The molecule has 29 heavy (non-hydrogen) atoms. The van der Waals surface area contributed by atoms with E-state index in [-0.39, 0.29) is 5.56 Å². The third kappa shape index (κ3) is 5.99. The molecule has 3 heterocycles. The van der Waals surface area contributed by atoms with Crippen molar-refractivity contribution in [2.45, 2.75) is 39.3 Å². The van der Waals surface area contributed by atoms with Gasteiger partial charge in [0.25, 0.3) is 5.56 Å².